The first-order chi connectivity index (χ1) is 12.2. The van der Waals surface area contributed by atoms with Crippen LogP contribution in [-0.4, -0.2) is 26.0 Å². The van der Waals surface area contributed by atoms with Crippen molar-refractivity contribution < 1.29 is 9.53 Å². The van der Waals surface area contributed by atoms with Crippen molar-refractivity contribution in [3.8, 4) is 5.75 Å². The number of halogens is 2. The van der Waals surface area contributed by atoms with Gasteiger partial charge < -0.3 is 4.74 Å². The molecule has 2 fully saturated rings. The van der Waals surface area contributed by atoms with E-state index in [1.165, 1.54) is 11.3 Å². The van der Waals surface area contributed by atoms with Gasteiger partial charge in [-0.25, -0.2) is 0 Å². The highest BCUT2D eigenvalue weighted by molar-refractivity contribution is 7.15. The molecule has 1 aromatic carbocycles. The van der Waals surface area contributed by atoms with Crippen LogP contribution >= 0.6 is 34.5 Å². The molecule has 138 valence electrons. The van der Waals surface area contributed by atoms with Crippen LogP contribution in [0, 0.1) is 0 Å². The Labute approximate surface area is 166 Å². The molecule has 0 bridgehead atoms. The van der Waals surface area contributed by atoms with Crippen LogP contribution in [0.5, 0.6) is 5.75 Å². The Morgan fingerprint density at radius 1 is 1.27 bits per heavy atom. The van der Waals surface area contributed by atoms with Crippen molar-refractivity contribution in [2.75, 3.05) is 5.32 Å². The minimum absolute atomic E-state index is 0.161. The van der Waals surface area contributed by atoms with Crippen LogP contribution in [0.2, 0.25) is 0 Å². The van der Waals surface area contributed by atoms with E-state index in [0.717, 1.165) is 29.8 Å². The van der Waals surface area contributed by atoms with Crippen LogP contribution in [-0.2, 0) is 4.79 Å². The van der Waals surface area contributed by atoms with Crippen LogP contribution < -0.4 is 10.1 Å². The molecule has 0 radical (unpaired) electrons. The molecule has 5 nitrogen and oxygen atoms in total. The molecule has 2 saturated carbocycles. The number of carbonyl (C=O) groups is 1. The average Bonchev–Trinajstić information content (AvgIpc) is 3.47. The third kappa shape index (κ3) is 3.82. The summed E-state index contributed by atoms with van der Waals surface area (Å²) in [6.45, 7) is 3.45. The second-order valence-corrected chi connectivity index (χ2v) is 9.92. The summed E-state index contributed by atoms with van der Waals surface area (Å²) in [4.78, 5) is 12.6. The highest BCUT2D eigenvalue weighted by atomic mass is 35.5. The number of aromatic nitrogens is 2. The molecule has 1 atom stereocenters. The number of amides is 1. The summed E-state index contributed by atoms with van der Waals surface area (Å²) in [5.41, 5.74) is 0.0287. The zero-order valence-corrected chi connectivity index (χ0v) is 16.8. The van der Waals surface area contributed by atoms with E-state index in [1.807, 2.05) is 24.3 Å². The van der Waals surface area contributed by atoms with E-state index in [2.05, 4.69) is 15.5 Å². The monoisotopic (exact) mass is 411 g/mol. The third-order valence-electron chi connectivity index (χ3n) is 4.62. The van der Waals surface area contributed by atoms with Gasteiger partial charge in [0.2, 0.25) is 5.13 Å². The fraction of sp³-hybridized carbons (Fsp3) is 0.500. The average molecular weight is 412 g/mol. The topological polar surface area (TPSA) is 64.1 Å². The number of rotatable bonds is 6. The van der Waals surface area contributed by atoms with Crippen LogP contribution in [0.4, 0.5) is 5.13 Å². The smallest absolute Gasteiger partial charge is 0.269 e. The van der Waals surface area contributed by atoms with E-state index < -0.39 is 9.93 Å². The molecular formula is C18H19Cl2N3O2S. The van der Waals surface area contributed by atoms with Gasteiger partial charge in [-0.05, 0) is 50.8 Å². The Morgan fingerprint density at radius 3 is 2.50 bits per heavy atom. The van der Waals surface area contributed by atoms with Gasteiger partial charge in [0, 0.05) is 11.8 Å². The van der Waals surface area contributed by atoms with Gasteiger partial charge in [-0.2, -0.15) is 0 Å². The number of carbonyl (C=O) groups excluding carboxylic acids is 1. The van der Waals surface area contributed by atoms with Crippen molar-refractivity contribution in [2.45, 2.75) is 54.9 Å². The Bertz CT molecular complexity index is 831. The molecule has 4 rings (SSSR count). The summed E-state index contributed by atoms with van der Waals surface area (Å²) < 4.78 is 5.24. The van der Waals surface area contributed by atoms with Crippen molar-refractivity contribution in [1.82, 2.24) is 10.2 Å². The molecule has 1 unspecified atom stereocenters. The molecule has 2 aliphatic rings. The lowest BCUT2D eigenvalue weighted by Crippen LogP contribution is -2.42. The van der Waals surface area contributed by atoms with Gasteiger partial charge >= 0.3 is 0 Å². The highest BCUT2D eigenvalue weighted by Gasteiger charge is 2.52. The number of alkyl halides is 2. The largest absolute Gasteiger partial charge is 0.478 e. The second kappa shape index (κ2) is 6.36. The fourth-order valence-corrected chi connectivity index (χ4v) is 4.18. The number of ether oxygens (including phenoxy) is 1. The SMILES string of the molecule is CC(C)(Oc1ccc(C2CC2(Cl)Cl)cc1)C(=O)Nc1nnc(C2CC2)s1. The number of hydrogen-bond acceptors (Lipinski definition) is 5. The minimum atomic E-state index is -1.05. The molecule has 1 aromatic heterocycles. The summed E-state index contributed by atoms with van der Waals surface area (Å²) >= 11 is 13.6. The summed E-state index contributed by atoms with van der Waals surface area (Å²) in [6, 6.07) is 7.55. The van der Waals surface area contributed by atoms with E-state index in [-0.39, 0.29) is 11.8 Å². The predicted octanol–water partition coefficient (Wildman–Crippen LogP) is 4.87. The molecule has 8 heteroatoms. The lowest BCUT2D eigenvalue weighted by Gasteiger charge is -2.24. The van der Waals surface area contributed by atoms with Crippen LogP contribution in [0.3, 0.4) is 0 Å². The number of nitrogens with zero attached hydrogens (tertiary/aromatic N) is 2. The van der Waals surface area contributed by atoms with Gasteiger partial charge in [-0.1, -0.05) is 23.5 Å². The fourth-order valence-electron chi connectivity index (χ4n) is 2.71. The number of anilines is 1. The zero-order chi connectivity index (χ0) is 18.5. The maximum atomic E-state index is 12.6. The van der Waals surface area contributed by atoms with Crippen molar-refractivity contribution in [2.24, 2.45) is 0 Å². The standard InChI is InChI=1S/C18H19Cl2N3O2S/c1-17(2,15(24)21-16-23-22-14(26-16)11-3-4-11)25-12-7-5-10(6-8-12)13-9-18(13,19)20/h5-8,11,13H,3-4,9H2,1-2H3,(H,21,23,24). The van der Waals surface area contributed by atoms with Crippen molar-refractivity contribution in [3.05, 3.63) is 34.8 Å². The summed E-state index contributed by atoms with van der Waals surface area (Å²) in [6.07, 6.45) is 3.07. The Hall–Kier alpha value is -1.37. The minimum Gasteiger partial charge on any atom is -0.478 e. The Morgan fingerprint density at radius 2 is 1.92 bits per heavy atom. The summed E-state index contributed by atoms with van der Waals surface area (Å²) in [7, 11) is 0. The van der Waals surface area contributed by atoms with Gasteiger partial charge in [-0.3, -0.25) is 10.1 Å². The molecule has 2 aliphatic carbocycles. The molecule has 0 spiro atoms. The van der Waals surface area contributed by atoms with Gasteiger partial charge in [0.15, 0.2) is 5.60 Å². The van der Waals surface area contributed by atoms with Gasteiger partial charge in [0.1, 0.15) is 15.1 Å². The third-order valence-corrected chi connectivity index (χ3v) is 6.45. The number of benzene rings is 1. The normalized spacial score (nSPS) is 21.3. The van der Waals surface area contributed by atoms with Gasteiger partial charge in [0.25, 0.3) is 5.91 Å². The molecule has 26 heavy (non-hydrogen) atoms. The first-order valence-electron chi connectivity index (χ1n) is 8.56. The molecular weight excluding hydrogens is 393 g/mol. The number of nitrogens with one attached hydrogen (secondary N) is 1. The van der Waals surface area contributed by atoms with Crippen molar-refractivity contribution in [1.29, 1.82) is 0 Å². The lowest BCUT2D eigenvalue weighted by molar-refractivity contribution is -0.128. The molecule has 1 amide bonds. The summed E-state index contributed by atoms with van der Waals surface area (Å²) in [5, 5.41) is 12.5. The Kier molecular flexibility index (Phi) is 4.40. The molecule has 1 heterocycles. The maximum absolute atomic E-state index is 12.6. The molecule has 0 aliphatic heterocycles. The van der Waals surface area contributed by atoms with Crippen LogP contribution in [0.15, 0.2) is 24.3 Å². The van der Waals surface area contributed by atoms with Crippen LogP contribution in [0.1, 0.15) is 55.5 Å². The van der Waals surface area contributed by atoms with Crippen molar-refractivity contribution in [3.63, 3.8) is 0 Å². The molecule has 1 N–H and O–H groups in total. The highest BCUT2D eigenvalue weighted by Crippen LogP contribution is 2.59. The van der Waals surface area contributed by atoms with Gasteiger partial charge in [-0.15, -0.1) is 33.4 Å². The lowest BCUT2D eigenvalue weighted by atomic mass is 10.1. The van der Waals surface area contributed by atoms with E-state index in [1.54, 1.807) is 13.8 Å². The predicted molar refractivity (Wildman–Crippen MR) is 103 cm³/mol. The van der Waals surface area contributed by atoms with E-state index >= 15 is 0 Å². The first-order valence-corrected chi connectivity index (χ1v) is 10.1. The maximum Gasteiger partial charge on any atom is 0.269 e. The van der Waals surface area contributed by atoms with Crippen molar-refractivity contribution >= 4 is 45.6 Å². The van der Waals surface area contributed by atoms with E-state index in [0.29, 0.717) is 16.8 Å². The Balaban J connectivity index is 1.38. The van der Waals surface area contributed by atoms with Gasteiger partial charge in [0.05, 0.1) is 0 Å². The molecule has 0 saturated heterocycles. The zero-order valence-electron chi connectivity index (χ0n) is 14.5. The second-order valence-electron chi connectivity index (χ2n) is 7.37. The van der Waals surface area contributed by atoms with Crippen LogP contribution in [0.25, 0.3) is 0 Å². The number of hydrogen-bond donors (Lipinski definition) is 1. The quantitative estimate of drug-likeness (QED) is 0.688. The molecule has 2 aromatic rings. The van der Waals surface area contributed by atoms with E-state index in [4.69, 9.17) is 27.9 Å². The summed E-state index contributed by atoms with van der Waals surface area (Å²) in [5.74, 6) is 1.03. The van der Waals surface area contributed by atoms with E-state index in [9.17, 15) is 4.79 Å². The first kappa shape index (κ1) is 18.0.